The van der Waals surface area contributed by atoms with Crippen molar-refractivity contribution in [3.8, 4) is 5.75 Å². The van der Waals surface area contributed by atoms with Gasteiger partial charge in [0, 0.05) is 0 Å². The van der Waals surface area contributed by atoms with Gasteiger partial charge in [0.05, 0.1) is 13.7 Å². The lowest BCUT2D eigenvalue weighted by Gasteiger charge is -2.17. The van der Waals surface area contributed by atoms with E-state index in [9.17, 15) is 4.79 Å². The summed E-state index contributed by atoms with van der Waals surface area (Å²) in [6, 6.07) is 7.36. The second kappa shape index (κ2) is 6.25. The molecule has 0 amide bonds. The summed E-state index contributed by atoms with van der Waals surface area (Å²) in [5.74, 6) is -0.202. The highest BCUT2D eigenvalue weighted by molar-refractivity contribution is 5.72. The van der Waals surface area contributed by atoms with E-state index in [1.807, 2.05) is 38.1 Å². The Labute approximate surface area is 101 Å². The minimum Gasteiger partial charge on any atom is -0.497 e. The molecule has 0 aliphatic carbocycles. The lowest BCUT2D eigenvalue weighted by atomic mass is 10.1. The van der Waals surface area contributed by atoms with Crippen LogP contribution in [0.4, 0.5) is 0 Å². The molecule has 1 atom stereocenters. The number of hydrogen-bond donors (Lipinski definition) is 1. The largest absolute Gasteiger partial charge is 0.497 e. The fourth-order valence-corrected chi connectivity index (χ4v) is 1.46. The average molecular weight is 238 g/mol. The van der Waals surface area contributed by atoms with E-state index in [1.54, 1.807) is 7.11 Å². The Hall–Kier alpha value is -1.55. The molecule has 94 valence electrons. The van der Waals surface area contributed by atoms with Gasteiger partial charge < -0.3 is 14.6 Å². The molecule has 4 heteroatoms. The van der Waals surface area contributed by atoms with Crippen molar-refractivity contribution >= 4 is 5.97 Å². The zero-order valence-electron chi connectivity index (χ0n) is 10.3. The first-order valence-corrected chi connectivity index (χ1v) is 5.52. The van der Waals surface area contributed by atoms with Gasteiger partial charge in [-0.1, -0.05) is 26.0 Å². The quantitative estimate of drug-likeness (QED) is 0.826. The molecule has 0 radical (unpaired) electrons. The minimum absolute atomic E-state index is 0.0502. The summed E-state index contributed by atoms with van der Waals surface area (Å²) in [6.07, 6.45) is -0.767. The molecule has 4 nitrogen and oxygen atoms in total. The van der Waals surface area contributed by atoms with Crippen LogP contribution in [0.25, 0.3) is 0 Å². The molecule has 1 rings (SSSR count). The lowest BCUT2D eigenvalue weighted by molar-refractivity contribution is -0.154. The van der Waals surface area contributed by atoms with Crippen LogP contribution in [-0.2, 0) is 16.1 Å². The number of methoxy groups -OCH3 is 1. The van der Waals surface area contributed by atoms with Gasteiger partial charge in [0.1, 0.15) is 5.75 Å². The third-order valence-electron chi connectivity index (χ3n) is 2.44. The third-order valence-corrected chi connectivity index (χ3v) is 2.44. The topological polar surface area (TPSA) is 55.8 Å². The molecule has 0 aromatic heterocycles. The third kappa shape index (κ3) is 4.07. The summed E-state index contributed by atoms with van der Waals surface area (Å²) >= 11 is 0. The van der Waals surface area contributed by atoms with Crippen LogP contribution >= 0.6 is 0 Å². The fraction of sp³-hybridized carbons (Fsp3) is 0.462. The standard InChI is InChI=1S/C13H18O4/c1-9(2)12(13(14)15)17-8-10-4-6-11(16-3)7-5-10/h4-7,9,12H,8H2,1-3H3,(H,14,15). The normalized spacial score (nSPS) is 12.5. The van der Waals surface area contributed by atoms with Crippen molar-refractivity contribution < 1.29 is 19.4 Å². The number of carboxylic acids is 1. The first kappa shape index (κ1) is 13.5. The SMILES string of the molecule is COc1ccc(COC(C(=O)O)C(C)C)cc1. The van der Waals surface area contributed by atoms with Gasteiger partial charge in [-0.15, -0.1) is 0 Å². The van der Waals surface area contributed by atoms with Gasteiger partial charge in [0.15, 0.2) is 6.10 Å². The number of carbonyl (C=O) groups is 1. The highest BCUT2D eigenvalue weighted by Crippen LogP contribution is 2.14. The van der Waals surface area contributed by atoms with Gasteiger partial charge >= 0.3 is 5.97 Å². The van der Waals surface area contributed by atoms with Crippen LogP contribution in [0.15, 0.2) is 24.3 Å². The number of hydrogen-bond acceptors (Lipinski definition) is 3. The Morgan fingerprint density at radius 3 is 2.29 bits per heavy atom. The maximum Gasteiger partial charge on any atom is 0.333 e. The Kier molecular flexibility index (Phi) is 4.97. The van der Waals surface area contributed by atoms with Crippen LogP contribution in [0.2, 0.25) is 0 Å². The van der Waals surface area contributed by atoms with E-state index in [0.717, 1.165) is 11.3 Å². The minimum atomic E-state index is -0.923. The van der Waals surface area contributed by atoms with Crippen molar-refractivity contribution in [3.63, 3.8) is 0 Å². The van der Waals surface area contributed by atoms with Crippen LogP contribution in [0.1, 0.15) is 19.4 Å². The molecular formula is C13H18O4. The molecular weight excluding hydrogens is 220 g/mol. The predicted molar refractivity (Wildman–Crippen MR) is 64.0 cm³/mol. The molecule has 0 spiro atoms. The summed E-state index contributed by atoms with van der Waals surface area (Å²) in [7, 11) is 1.60. The van der Waals surface area contributed by atoms with E-state index < -0.39 is 12.1 Å². The summed E-state index contributed by atoms with van der Waals surface area (Å²) in [5.41, 5.74) is 0.928. The highest BCUT2D eigenvalue weighted by Gasteiger charge is 2.21. The predicted octanol–water partition coefficient (Wildman–Crippen LogP) is 2.32. The number of benzene rings is 1. The Morgan fingerprint density at radius 2 is 1.88 bits per heavy atom. The summed E-state index contributed by atoms with van der Waals surface area (Å²) < 4.78 is 10.4. The Balaban J connectivity index is 2.56. The molecule has 0 aliphatic heterocycles. The lowest BCUT2D eigenvalue weighted by Crippen LogP contribution is -2.29. The Bertz CT molecular complexity index is 356. The molecule has 1 unspecified atom stereocenters. The van der Waals surface area contributed by atoms with E-state index in [0.29, 0.717) is 6.61 Å². The molecule has 0 bridgehead atoms. The highest BCUT2D eigenvalue weighted by atomic mass is 16.5. The fourth-order valence-electron chi connectivity index (χ4n) is 1.46. The second-order valence-corrected chi connectivity index (χ2v) is 4.16. The molecule has 0 aliphatic rings. The van der Waals surface area contributed by atoms with Crippen LogP contribution in [0, 0.1) is 5.92 Å². The molecule has 0 saturated carbocycles. The number of carboxylic acid groups (broad SMARTS) is 1. The van der Waals surface area contributed by atoms with Gasteiger partial charge in [-0.25, -0.2) is 4.79 Å². The van der Waals surface area contributed by atoms with Crippen molar-refractivity contribution in [1.82, 2.24) is 0 Å². The number of aliphatic carboxylic acids is 1. The van der Waals surface area contributed by atoms with E-state index in [-0.39, 0.29) is 5.92 Å². The van der Waals surface area contributed by atoms with Gasteiger partial charge in [0.2, 0.25) is 0 Å². The first-order chi connectivity index (χ1) is 8.04. The van der Waals surface area contributed by atoms with Crippen LogP contribution in [0.3, 0.4) is 0 Å². The molecule has 0 heterocycles. The van der Waals surface area contributed by atoms with Crippen LogP contribution in [-0.4, -0.2) is 24.3 Å². The van der Waals surface area contributed by atoms with Gasteiger partial charge in [0.25, 0.3) is 0 Å². The van der Waals surface area contributed by atoms with Crippen molar-refractivity contribution in [2.24, 2.45) is 5.92 Å². The van der Waals surface area contributed by atoms with Gasteiger partial charge in [-0.2, -0.15) is 0 Å². The van der Waals surface area contributed by atoms with Crippen molar-refractivity contribution in [1.29, 1.82) is 0 Å². The summed E-state index contributed by atoms with van der Waals surface area (Å²) in [5, 5.41) is 8.96. The molecule has 0 saturated heterocycles. The van der Waals surface area contributed by atoms with Crippen molar-refractivity contribution in [2.45, 2.75) is 26.6 Å². The zero-order chi connectivity index (χ0) is 12.8. The van der Waals surface area contributed by atoms with Gasteiger partial charge in [-0.05, 0) is 23.6 Å². The molecule has 1 aromatic rings. The summed E-state index contributed by atoms with van der Waals surface area (Å²) in [4.78, 5) is 10.9. The number of rotatable bonds is 6. The first-order valence-electron chi connectivity index (χ1n) is 5.52. The second-order valence-electron chi connectivity index (χ2n) is 4.16. The van der Waals surface area contributed by atoms with Crippen molar-refractivity contribution in [3.05, 3.63) is 29.8 Å². The van der Waals surface area contributed by atoms with Crippen LogP contribution in [0.5, 0.6) is 5.75 Å². The Morgan fingerprint density at radius 1 is 1.29 bits per heavy atom. The smallest absolute Gasteiger partial charge is 0.333 e. The number of ether oxygens (including phenoxy) is 2. The van der Waals surface area contributed by atoms with E-state index >= 15 is 0 Å². The zero-order valence-corrected chi connectivity index (χ0v) is 10.3. The molecule has 1 N–H and O–H groups in total. The summed E-state index contributed by atoms with van der Waals surface area (Å²) in [6.45, 7) is 3.94. The average Bonchev–Trinajstić information content (AvgIpc) is 2.29. The van der Waals surface area contributed by atoms with Crippen molar-refractivity contribution in [2.75, 3.05) is 7.11 Å². The molecule has 1 aromatic carbocycles. The van der Waals surface area contributed by atoms with Gasteiger partial charge in [-0.3, -0.25) is 0 Å². The van der Waals surface area contributed by atoms with Crippen LogP contribution < -0.4 is 4.74 Å². The monoisotopic (exact) mass is 238 g/mol. The molecule has 0 fully saturated rings. The molecule has 17 heavy (non-hydrogen) atoms. The van der Waals surface area contributed by atoms with E-state index in [2.05, 4.69) is 0 Å². The van der Waals surface area contributed by atoms with E-state index in [1.165, 1.54) is 0 Å². The maximum absolute atomic E-state index is 10.9. The van der Waals surface area contributed by atoms with E-state index in [4.69, 9.17) is 14.6 Å². The maximum atomic E-state index is 10.9.